The summed E-state index contributed by atoms with van der Waals surface area (Å²) in [7, 11) is 3.64. The number of unbranched alkanes of at least 4 members (excludes halogenated alkanes) is 5. The molecule has 0 atom stereocenters. The zero-order valence-electron chi connectivity index (χ0n) is 9.15. The first kappa shape index (κ1) is 13.3. The summed E-state index contributed by atoms with van der Waals surface area (Å²) in [6.45, 7) is 2.26. The molecular weight excluding hydrogens is 244 g/mol. The quantitative estimate of drug-likeness (QED) is 0.478. The molecule has 2 nitrogen and oxygen atoms in total. The topological polar surface area (TPSA) is 25.8 Å². The molecule has 15 heavy (non-hydrogen) atoms. The van der Waals surface area contributed by atoms with Gasteiger partial charge >= 0.3 is 0 Å². The van der Waals surface area contributed by atoms with E-state index >= 15 is 0 Å². The fraction of sp³-hybridized carbons (Fsp3) is 0.800. The first-order chi connectivity index (χ1) is 7.43. The second kappa shape index (κ2) is 9.48. The Kier molecular flexibility index (Phi) is 8.42. The molecule has 0 bridgehead atoms. The minimum absolute atomic E-state index is 1.05. The van der Waals surface area contributed by atoms with Gasteiger partial charge in [-0.1, -0.05) is 54.3 Å². The van der Waals surface area contributed by atoms with Crippen LogP contribution in [-0.4, -0.2) is 15.3 Å². The molecule has 86 valence electrons. The van der Waals surface area contributed by atoms with Crippen molar-refractivity contribution in [2.45, 2.75) is 50.5 Å². The van der Waals surface area contributed by atoms with Crippen molar-refractivity contribution in [1.29, 1.82) is 0 Å². The van der Waals surface area contributed by atoms with Gasteiger partial charge in [-0.15, -0.1) is 5.10 Å². The number of aromatic nitrogens is 2. The van der Waals surface area contributed by atoms with E-state index in [0.717, 1.165) is 5.03 Å². The average molecular weight is 262 g/mol. The summed E-state index contributed by atoms with van der Waals surface area (Å²) in [5.41, 5.74) is 0. The van der Waals surface area contributed by atoms with Gasteiger partial charge in [0.1, 0.15) is 5.03 Å². The van der Waals surface area contributed by atoms with Gasteiger partial charge in [0.2, 0.25) is 0 Å². The van der Waals surface area contributed by atoms with Crippen LogP contribution < -0.4 is 0 Å². The fourth-order valence-electron chi connectivity index (χ4n) is 1.24. The molecule has 1 aromatic heterocycles. The first-order valence-electron chi connectivity index (χ1n) is 5.50. The van der Waals surface area contributed by atoms with Crippen molar-refractivity contribution in [1.82, 2.24) is 9.59 Å². The van der Waals surface area contributed by atoms with E-state index in [-0.39, 0.29) is 0 Å². The standard InChI is InChI=1S/C10H18N2S3/c1-2-3-4-5-6-7-8-14-15-10-9-13-12-11-10/h9H,2-8H2,1H3. The third kappa shape index (κ3) is 7.19. The van der Waals surface area contributed by atoms with E-state index in [2.05, 4.69) is 16.5 Å². The van der Waals surface area contributed by atoms with E-state index in [9.17, 15) is 0 Å². The Balaban J connectivity index is 1.81. The molecule has 0 radical (unpaired) electrons. The predicted molar refractivity (Wildman–Crippen MR) is 71.6 cm³/mol. The lowest BCUT2D eigenvalue weighted by molar-refractivity contribution is 0.627. The van der Waals surface area contributed by atoms with Gasteiger partial charge in [-0.2, -0.15) is 0 Å². The largest absolute Gasteiger partial charge is 0.142 e. The minimum atomic E-state index is 1.05. The number of nitrogens with zero attached hydrogens (tertiary/aromatic N) is 2. The Labute approximate surface area is 104 Å². The lowest BCUT2D eigenvalue weighted by Gasteiger charge is -1.99. The molecule has 1 rings (SSSR count). The van der Waals surface area contributed by atoms with Crippen LogP contribution in [0.3, 0.4) is 0 Å². The molecule has 0 saturated carbocycles. The van der Waals surface area contributed by atoms with E-state index in [1.807, 2.05) is 16.2 Å². The van der Waals surface area contributed by atoms with Crippen LogP contribution in [0.15, 0.2) is 10.4 Å². The van der Waals surface area contributed by atoms with Crippen molar-refractivity contribution in [2.24, 2.45) is 0 Å². The number of hydrogen-bond donors (Lipinski definition) is 0. The Hall–Kier alpha value is 0.260. The maximum absolute atomic E-state index is 3.99. The van der Waals surface area contributed by atoms with Gasteiger partial charge in [-0.3, -0.25) is 0 Å². The number of hydrogen-bond acceptors (Lipinski definition) is 5. The summed E-state index contributed by atoms with van der Waals surface area (Å²) >= 11 is 1.42. The third-order valence-electron chi connectivity index (χ3n) is 2.07. The lowest BCUT2D eigenvalue weighted by Crippen LogP contribution is -1.80. The maximum atomic E-state index is 3.99. The summed E-state index contributed by atoms with van der Waals surface area (Å²) in [6.07, 6.45) is 8.25. The highest BCUT2D eigenvalue weighted by molar-refractivity contribution is 8.76. The average Bonchev–Trinajstić information content (AvgIpc) is 2.75. The molecule has 0 spiro atoms. The summed E-state index contributed by atoms with van der Waals surface area (Å²) in [5.74, 6) is 1.23. The zero-order chi connectivity index (χ0) is 10.8. The van der Waals surface area contributed by atoms with E-state index in [4.69, 9.17) is 0 Å². The Morgan fingerprint density at radius 2 is 2.00 bits per heavy atom. The highest BCUT2D eigenvalue weighted by Gasteiger charge is 1.97. The second-order valence-corrected chi connectivity index (χ2v) is 6.46. The van der Waals surface area contributed by atoms with Crippen LogP contribution in [0, 0.1) is 0 Å². The van der Waals surface area contributed by atoms with Crippen LogP contribution in [0.4, 0.5) is 0 Å². The first-order valence-corrected chi connectivity index (χ1v) is 8.65. The second-order valence-electron chi connectivity index (χ2n) is 3.42. The van der Waals surface area contributed by atoms with Crippen molar-refractivity contribution in [3.8, 4) is 0 Å². The Morgan fingerprint density at radius 3 is 2.73 bits per heavy atom. The molecular formula is C10H18N2S3. The van der Waals surface area contributed by atoms with Crippen molar-refractivity contribution in [2.75, 3.05) is 5.75 Å². The number of rotatable bonds is 9. The summed E-state index contributed by atoms with van der Waals surface area (Å²) in [5, 5.41) is 7.04. The summed E-state index contributed by atoms with van der Waals surface area (Å²) in [6, 6.07) is 0. The van der Waals surface area contributed by atoms with E-state index in [1.54, 1.807) is 10.8 Å². The summed E-state index contributed by atoms with van der Waals surface area (Å²) < 4.78 is 3.83. The smallest absolute Gasteiger partial charge is 0.131 e. The molecule has 0 saturated heterocycles. The van der Waals surface area contributed by atoms with Crippen molar-refractivity contribution < 1.29 is 0 Å². The maximum Gasteiger partial charge on any atom is 0.142 e. The molecule has 1 aromatic rings. The van der Waals surface area contributed by atoms with Crippen LogP contribution in [0.25, 0.3) is 0 Å². The Bertz CT molecular complexity index is 227. The molecule has 0 aliphatic heterocycles. The van der Waals surface area contributed by atoms with E-state index in [1.165, 1.54) is 55.8 Å². The minimum Gasteiger partial charge on any atom is -0.131 e. The van der Waals surface area contributed by atoms with Gasteiger partial charge in [0.25, 0.3) is 0 Å². The van der Waals surface area contributed by atoms with Crippen LogP contribution in [0.5, 0.6) is 0 Å². The third-order valence-corrected chi connectivity index (χ3v) is 5.03. The molecule has 0 aromatic carbocycles. The molecule has 0 amide bonds. The van der Waals surface area contributed by atoms with Crippen molar-refractivity contribution in [3.63, 3.8) is 0 Å². The van der Waals surface area contributed by atoms with Crippen LogP contribution in [0.1, 0.15) is 45.4 Å². The SMILES string of the molecule is CCCCCCCCSSc1csnn1. The van der Waals surface area contributed by atoms with Gasteiger partial charge in [-0.05, 0) is 28.7 Å². The molecule has 0 unspecified atom stereocenters. The van der Waals surface area contributed by atoms with Crippen LogP contribution >= 0.6 is 33.1 Å². The van der Waals surface area contributed by atoms with Gasteiger partial charge in [0.05, 0.1) is 0 Å². The molecule has 0 aliphatic carbocycles. The van der Waals surface area contributed by atoms with Crippen molar-refractivity contribution in [3.05, 3.63) is 5.38 Å². The monoisotopic (exact) mass is 262 g/mol. The fourth-order valence-corrected chi connectivity index (χ4v) is 3.91. The molecule has 5 heteroatoms. The van der Waals surface area contributed by atoms with E-state index < -0.39 is 0 Å². The zero-order valence-corrected chi connectivity index (χ0v) is 11.6. The van der Waals surface area contributed by atoms with Crippen LogP contribution in [-0.2, 0) is 0 Å². The molecule has 1 heterocycles. The van der Waals surface area contributed by atoms with Crippen molar-refractivity contribution >= 4 is 33.1 Å². The van der Waals surface area contributed by atoms with Gasteiger partial charge in [-0.25, -0.2) is 0 Å². The van der Waals surface area contributed by atoms with Crippen LogP contribution in [0.2, 0.25) is 0 Å². The van der Waals surface area contributed by atoms with E-state index in [0.29, 0.717) is 0 Å². The highest BCUT2D eigenvalue weighted by Crippen LogP contribution is 2.30. The van der Waals surface area contributed by atoms with Gasteiger partial charge in [0.15, 0.2) is 0 Å². The molecule has 0 N–H and O–H groups in total. The molecule has 0 fully saturated rings. The highest BCUT2D eigenvalue weighted by atomic mass is 33.1. The lowest BCUT2D eigenvalue weighted by atomic mass is 10.1. The molecule has 0 aliphatic rings. The predicted octanol–water partition coefficient (Wildman–Crippen LogP) is 4.64. The Morgan fingerprint density at radius 1 is 1.20 bits per heavy atom. The van der Waals surface area contributed by atoms with Gasteiger partial charge < -0.3 is 0 Å². The summed E-state index contributed by atoms with van der Waals surface area (Å²) in [4.78, 5) is 0. The normalized spacial score (nSPS) is 10.7. The van der Waals surface area contributed by atoms with Gasteiger partial charge in [0, 0.05) is 11.1 Å².